The Balaban J connectivity index is 1.44. The summed E-state index contributed by atoms with van der Waals surface area (Å²) in [5.74, 6) is 0.716. The summed E-state index contributed by atoms with van der Waals surface area (Å²) < 4.78 is 3.39. The van der Waals surface area contributed by atoms with Crippen LogP contribution in [0.5, 0.6) is 0 Å². The Morgan fingerprint density at radius 1 is 0.474 bits per heavy atom. The molecule has 5 aromatic carbocycles. The van der Waals surface area contributed by atoms with Crippen molar-refractivity contribution >= 4 is 37.7 Å². The van der Waals surface area contributed by atoms with Gasteiger partial charge in [-0.3, -0.25) is 0 Å². The van der Waals surface area contributed by atoms with Crippen LogP contribution in [-0.2, 0) is 0 Å². The summed E-state index contributed by atoms with van der Waals surface area (Å²) >= 11 is 3.68. The van der Waals surface area contributed by atoms with E-state index < -0.39 is 0 Å². The lowest BCUT2D eigenvalue weighted by atomic mass is 10.1. The van der Waals surface area contributed by atoms with Crippen LogP contribution < -0.4 is 0 Å². The zero-order valence-corrected chi connectivity index (χ0v) is 22.0. The molecule has 0 amide bonds. The minimum atomic E-state index is 0.716. The fraction of sp³-hybridized carbons (Fsp3) is 0. The summed E-state index contributed by atoms with van der Waals surface area (Å²) in [4.78, 5) is 9.97. The Morgan fingerprint density at radius 2 is 1.11 bits per heavy atom. The van der Waals surface area contributed by atoms with Gasteiger partial charge < -0.3 is 4.57 Å². The summed E-state index contributed by atoms with van der Waals surface area (Å²) in [5.41, 5.74) is 8.33. The van der Waals surface area contributed by atoms with Crippen molar-refractivity contribution in [2.45, 2.75) is 0 Å². The predicted molar refractivity (Wildman–Crippen MR) is 160 cm³/mol. The van der Waals surface area contributed by atoms with Gasteiger partial charge in [0.1, 0.15) is 0 Å². The molecule has 38 heavy (non-hydrogen) atoms. The van der Waals surface area contributed by atoms with Gasteiger partial charge in [0.05, 0.1) is 22.4 Å². The molecule has 7 rings (SSSR count). The van der Waals surface area contributed by atoms with Crippen molar-refractivity contribution in [2.75, 3.05) is 0 Å². The summed E-state index contributed by atoms with van der Waals surface area (Å²) in [5, 5.41) is 2.47. The Labute approximate surface area is 229 Å². The van der Waals surface area contributed by atoms with Gasteiger partial charge in [-0.25, -0.2) is 9.97 Å². The third-order valence-electron chi connectivity index (χ3n) is 6.86. The molecule has 0 radical (unpaired) electrons. The number of para-hydroxylation sites is 1. The number of rotatable bonds is 4. The third-order valence-corrected chi connectivity index (χ3v) is 7.36. The first-order chi connectivity index (χ1) is 18.7. The van der Waals surface area contributed by atoms with Crippen LogP contribution in [-0.4, -0.2) is 14.5 Å². The molecule has 0 saturated heterocycles. The first-order valence-electron chi connectivity index (χ1n) is 12.5. The van der Waals surface area contributed by atoms with Crippen molar-refractivity contribution in [1.29, 1.82) is 0 Å². The molecule has 0 spiro atoms. The zero-order valence-electron chi connectivity index (χ0n) is 20.4. The highest BCUT2D eigenvalue weighted by atomic mass is 79.9. The molecular formula is C34H22BrN3. The van der Waals surface area contributed by atoms with Gasteiger partial charge in [0.15, 0.2) is 5.82 Å². The van der Waals surface area contributed by atoms with E-state index in [1.807, 2.05) is 36.4 Å². The van der Waals surface area contributed by atoms with Gasteiger partial charge in [0.2, 0.25) is 0 Å². The Bertz CT molecular complexity index is 1870. The second-order valence-corrected chi connectivity index (χ2v) is 10.2. The quantitative estimate of drug-likeness (QED) is 0.218. The highest BCUT2D eigenvalue weighted by Gasteiger charge is 2.15. The number of hydrogen-bond donors (Lipinski definition) is 0. The largest absolute Gasteiger partial charge is 0.309 e. The Morgan fingerprint density at radius 3 is 1.89 bits per heavy atom. The lowest BCUT2D eigenvalue weighted by molar-refractivity contribution is 1.16. The first kappa shape index (κ1) is 22.6. The molecule has 0 fully saturated rings. The SMILES string of the molecule is Brc1ccc2c3ccccc3n(-c3cccc(-c4cc(-c5ccccc5)nc(-c5ccccc5)n4)c3)c2c1. The van der Waals surface area contributed by atoms with E-state index in [0.717, 1.165) is 43.8 Å². The van der Waals surface area contributed by atoms with Crippen LogP contribution in [0, 0.1) is 0 Å². The highest BCUT2D eigenvalue weighted by Crippen LogP contribution is 2.35. The fourth-order valence-electron chi connectivity index (χ4n) is 5.09. The van der Waals surface area contributed by atoms with Gasteiger partial charge >= 0.3 is 0 Å². The number of nitrogens with zero attached hydrogens (tertiary/aromatic N) is 3. The standard InChI is InChI=1S/C34H22BrN3/c35-26-18-19-29-28-16-7-8-17-32(28)38(33(29)21-26)27-15-9-14-25(20-27)31-22-30(23-10-3-1-4-11-23)36-34(37-31)24-12-5-2-6-13-24/h1-22H. The molecule has 0 saturated carbocycles. The molecule has 180 valence electrons. The molecule has 0 unspecified atom stereocenters. The summed E-state index contributed by atoms with van der Waals surface area (Å²) in [6, 6.07) is 46.2. The van der Waals surface area contributed by atoms with Crippen LogP contribution in [0.3, 0.4) is 0 Å². The fourth-order valence-corrected chi connectivity index (χ4v) is 5.44. The Kier molecular flexibility index (Phi) is 5.60. The maximum atomic E-state index is 5.03. The normalized spacial score (nSPS) is 11.3. The molecule has 7 aromatic rings. The van der Waals surface area contributed by atoms with Crippen molar-refractivity contribution in [2.24, 2.45) is 0 Å². The minimum Gasteiger partial charge on any atom is -0.309 e. The molecule has 0 bridgehead atoms. The van der Waals surface area contributed by atoms with Crippen molar-refractivity contribution in [1.82, 2.24) is 14.5 Å². The number of aromatic nitrogens is 3. The van der Waals surface area contributed by atoms with Gasteiger partial charge in [-0.1, -0.05) is 113 Å². The monoisotopic (exact) mass is 551 g/mol. The van der Waals surface area contributed by atoms with Crippen LogP contribution in [0.15, 0.2) is 138 Å². The summed E-state index contributed by atoms with van der Waals surface area (Å²) in [6.07, 6.45) is 0. The molecule has 0 aliphatic carbocycles. The van der Waals surface area contributed by atoms with Gasteiger partial charge in [-0.05, 0) is 36.4 Å². The Hall–Kier alpha value is -4.54. The lowest BCUT2D eigenvalue weighted by Gasteiger charge is -2.12. The first-order valence-corrected chi connectivity index (χ1v) is 13.3. The van der Waals surface area contributed by atoms with E-state index in [-0.39, 0.29) is 0 Å². The van der Waals surface area contributed by atoms with Gasteiger partial charge in [0.25, 0.3) is 0 Å². The number of benzene rings is 5. The van der Waals surface area contributed by atoms with E-state index in [2.05, 4.69) is 118 Å². The molecule has 0 N–H and O–H groups in total. The predicted octanol–water partition coefficient (Wildman–Crippen LogP) is 9.34. The smallest absolute Gasteiger partial charge is 0.160 e. The third kappa shape index (κ3) is 4.00. The molecular weight excluding hydrogens is 530 g/mol. The van der Waals surface area contributed by atoms with E-state index >= 15 is 0 Å². The van der Waals surface area contributed by atoms with Crippen LogP contribution >= 0.6 is 15.9 Å². The second kappa shape index (κ2) is 9.40. The average molecular weight is 552 g/mol. The van der Waals surface area contributed by atoms with E-state index in [9.17, 15) is 0 Å². The van der Waals surface area contributed by atoms with Crippen molar-refractivity contribution in [3.8, 4) is 39.6 Å². The average Bonchev–Trinajstić information content (AvgIpc) is 3.31. The molecule has 3 nitrogen and oxygen atoms in total. The van der Waals surface area contributed by atoms with E-state index in [0.29, 0.717) is 5.82 Å². The van der Waals surface area contributed by atoms with Gasteiger partial charge in [-0.15, -0.1) is 0 Å². The molecule has 0 aliphatic rings. The van der Waals surface area contributed by atoms with Gasteiger partial charge in [-0.2, -0.15) is 0 Å². The van der Waals surface area contributed by atoms with Gasteiger partial charge in [0, 0.05) is 37.6 Å². The molecule has 2 heterocycles. The van der Waals surface area contributed by atoms with Crippen molar-refractivity contribution in [3.05, 3.63) is 138 Å². The molecule has 0 atom stereocenters. The van der Waals surface area contributed by atoms with Crippen LogP contribution in [0.4, 0.5) is 0 Å². The summed E-state index contributed by atoms with van der Waals surface area (Å²) in [7, 11) is 0. The number of fused-ring (bicyclic) bond motifs is 3. The maximum absolute atomic E-state index is 5.03. The van der Waals surface area contributed by atoms with Crippen LogP contribution in [0.25, 0.3) is 61.4 Å². The van der Waals surface area contributed by atoms with Crippen LogP contribution in [0.1, 0.15) is 0 Å². The van der Waals surface area contributed by atoms with Crippen LogP contribution in [0.2, 0.25) is 0 Å². The lowest BCUT2D eigenvalue weighted by Crippen LogP contribution is -1.97. The number of halogens is 1. The molecule has 4 heteroatoms. The second-order valence-electron chi connectivity index (χ2n) is 9.26. The maximum Gasteiger partial charge on any atom is 0.160 e. The van der Waals surface area contributed by atoms with E-state index in [1.165, 1.54) is 16.3 Å². The summed E-state index contributed by atoms with van der Waals surface area (Å²) in [6.45, 7) is 0. The van der Waals surface area contributed by atoms with Crippen molar-refractivity contribution in [3.63, 3.8) is 0 Å². The molecule has 2 aromatic heterocycles. The topological polar surface area (TPSA) is 30.7 Å². The van der Waals surface area contributed by atoms with E-state index in [1.54, 1.807) is 0 Å². The highest BCUT2D eigenvalue weighted by molar-refractivity contribution is 9.10. The minimum absolute atomic E-state index is 0.716. The van der Waals surface area contributed by atoms with Crippen molar-refractivity contribution < 1.29 is 0 Å². The zero-order chi connectivity index (χ0) is 25.5. The van der Waals surface area contributed by atoms with E-state index in [4.69, 9.17) is 9.97 Å². The number of hydrogen-bond acceptors (Lipinski definition) is 2. The molecule has 0 aliphatic heterocycles.